The van der Waals surface area contributed by atoms with Crippen molar-refractivity contribution in [3.63, 3.8) is 0 Å². The predicted octanol–water partition coefficient (Wildman–Crippen LogP) is 4.26. The van der Waals surface area contributed by atoms with Crippen molar-refractivity contribution < 1.29 is 9.15 Å². The number of halogens is 2. The Morgan fingerprint density at radius 2 is 2.26 bits per heavy atom. The number of hydrogen-bond donors (Lipinski definition) is 0. The summed E-state index contributed by atoms with van der Waals surface area (Å²) in [5.74, 6) is 1.74. The summed E-state index contributed by atoms with van der Waals surface area (Å²) in [4.78, 5) is 2.18. The van der Waals surface area contributed by atoms with E-state index < -0.39 is 0 Å². The number of hydrogen-bond acceptors (Lipinski definition) is 3. The molecule has 2 heterocycles. The third-order valence-electron chi connectivity index (χ3n) is 3.19. The Bertz CT molecular complexity index is 599. The van der Waals surface area contributed by atoms with Gasteiger partial charge in [0.1, 0.15) is 17.6 Å². The first-order valence-corrected chi connectivity index (χ1v) is 7.17. The van der Waals surface area contributed by atoms with Crippen LogP contribution in [0.5, 0.6) is 5.75 Å². The van der Waals surface area contributed by atoms with Gasteiger partial charge in [0.2, 0.25) is 0 Å². The van der Waals surface area contributed by atoms with Crippen molar-refractivity contribution in [2.45, 2.75) is 12.6 Å². The average Bonchev–Trinajstić information content (AvgIpc) is 2.82. The van der Waals surface area contributed by atoms with Gasteiger partial charge in [-0.15, -0.1) is 0 Å². The van der Waals surface area contributed by atoms with Crippen LogP contribution in [0.3, 0.4) is 0 Å². The molecule has 1 aliphatic rings. The number of fused-ring (bicyclic) bond motifs is 1. The highest BCUT2D eigenvalue weighted by atomic mass is 79.9. The molecule has 3 rings (SSSR count). The number of nitrogens with zero attached hydrogens (tertiary/aromatic N) is 1. The molecule has 0 aliphatic carbocycles. The van der Waals surface area contributed by atoms with Gasteiger partial charge in [-0.05, 0) is 47.2 Å². The first-order valence-electron chi connectivity index (χ1n) is 6.00. The van der Waals surface area contributed by atoms with Crippen LogP contribution in [0, 0.1) is 0 Å². The Labute approximate surface area is 125 Å². The SMILES string of the molecule is CN1Cc2occc2C(Oc2ccc(Br)c(Cl)c2)C1. The molecule has 1 aromatic heterocycles. The fourth-order valence-electron chi connectivity index (χ4n) is 2.27. The lowest BCUT2D eigenvalue weighted by Crippen LogP contribution is -2.32. The van der Waals surface area contributed by atoms with Crippen molar-refractivity contribution in [1.29, 1.82) is 0 Å². The zero-order valence-electron chi connectivity index (χ0n) is 10.4. The third kappa shape index (κ3) is 2.66. The molecule has 0 saturated carbocycles. The van der Waals surface area contributed by atoms with Crippen LogP contribution in [0.4, 0.5) is 0 Å². The molecule has 0 fully saturated rings. The average molecular weight is 343 g/mol. The van der Waals surface area contributed by atoms with Crippen molar-refractivity contribution in [2.75, 3.05) is 13.6 Å². The van der Waals surface area contributed by atoms with E-state index >= 15 is 0 Å². The van der Waals surface area contributed by atoms with E-state index in [2.05, 4.69) is 27.9 Å². The van der Waals surface area contributed by atoms with Crippen LogP contribution in [-0.2, 0) is 6.54 Å². The Kier molecular flexibility index (Phi) is 3.56. The lowest BCUT2D eigenvalue weighted by atomic mass is 10.1. The van der Waals surface area contributed by atoms with E-state index in [1.165, 1.54) is 0 Å². The number of benzene rings is 1. The van der Waals surface area contributed by atoms with Gasteiger partial charge in [0.25, 0.3) is 0 Å². The van der Waals surface area contributed by atoms with Gasteiger partial charge in [-0.25, -0.2) is 0 Å². The molecular weight excluding hydrogens is 330 g/mol. The van der Waals surface area contributed by atoms with Gasteiger partial charge in [-0.3, -0.25) is 4.90 Å². The maximum Gasteiger partial charge on any atom is 0.140 e. The minimum atomic E-state index is -0.0234. The van der Waals surface area contributed by atoms with Crippen molar-refractivity contribution >= 4 is 27.5 Å². The first-order chi connectivity index (χ1) is 9.13. The van der Waals surface area contributed by atoms with Crippen LogP contribution < -0.4 is 4.74 Å². The summed E-state index contributed by atoms with van der Waals surface area (Å²) >= 11 is 9.46. The smallest absolute Gasteiger partial charge is 0.140 e. The molecule has 1 aliphatic heterocycles. The van der Waals surface area contributed by atoms with Crippen LogP contribution in [0.1, 0.15) is 17.4 Å². The molecule has 5 heteroatoms. The Balaban J connectivity index is 1.86. The zero-order valence-corrected chi connectivity index (χ0v) is 12.7. The van der Waals surface area contributed by atoms with Gasteiger partial charge in [0, 0.05) is 16.6 Å². The highest BCUT2D eigenvalue weighted by Gasteiger charge is 2.27. The summed E-state index contributed by atoms with van der Waals surface area (Å²) < 4.78 is 12.4. The summed E-state index contributed by atoms with van der Waals surface area (Å²) in [6, 6.07) is 7.60. The molecule has 0 bridgehead atoms. The summed E-state index contributed by atoms with van der Waals surface area (Å²) in [5.41, 5.74) is 1.12. The van der Waals surface area contributed by atoms with E-state index in [9.17, 15) is 0 Å². The van der Waals surface area contributed by atoms with E-state index in [1.54, 1.807) is 6.26 Å². The van der Waals surface area contributed by atoms with Crippen LogP contribution in [0.15, 0.2) is 39.4 Å². The fourth-order valence-corrected chi connectivity index (χ4v) is 2.69. The molecule has 0 radical (unpaired) electrons. The van der Waals surface area contributed by atoms with E-state index in [1.807, 2.05) is 24.3 Å². The van der Waals surface area contributed by atoms with Crippen molar-refractivity contribution in [3.05, 3.63) is 51.3 Å². The molecule has 0 spiro atoms. The molecule has 0 saturated heterocycles. The molecule has 100 valence electrons. The molecule has 1 unspecified atom stereocenters. The van der Waals surface area contributed by atoms with Crippen molar-refractivity contribution in [1.82, 2.24) is 4.90 Å². The zero-order chi connectivity index (χ0) is 13.4. The second-order valence-corrected chi connectivity index (χ2v) is 5.94. The van der Waals surface area contributed by atoms with Gasteiger partial charge in [0.05, 0.1) is 17.8 Å². The molecular formula is C14H13BrClNO2. The first kappa shape index (κ1) is 13.0. The Hall–Kier alpha value is -0.970. The van der Waals surface area contributed by atoms with Crippen LogP contribution >= 0.6 is 27.5 Å². The molecule has 1 aromatic carbocycles. The second kappa shape index (κ2) is 5.19. The topological polar surface area (TPSA) is 25.6 Å². The minimum absolute atomic E-state index is 0.0234. The Morgan fingerprint density at radius 3 is 3.05 bits per heavy atom. The maximum absolute atomic E-state index is 6.08. The number of likely N-dealkylation sites (N-methyl/N-ethyl adjacent to an activating group) is 1. The lowest BCUT2D eigenvalue weighted by molar-refractivity contribution is 0.120. The quantitative estimate of drug-likeness (QED) is 0.815. The molecule has 3 nitrogen and oxygen atoms in total. The van der Waals surface area contributed by atoms with Gasteiger partial charge in [-0.2, -0.15) is 0 Å². The highest BCUT2D eigenvalue weighted by Crippen LogP contribution is 2.33. The predicted molar refractivity (Wildman–Crippen MR) is 77.6 cm³/mol. The van der Waals surface area contributed by atoms with Crippen LogP contribution in [-0.4, -0.2) is 18.5 Å². The number of furan rings is 1. The standard InChI is InChI=1S/C14H13BrClNO2/c1-17-7-13-10(4-5-18-13)14(8-17)19-9-2-3-11(15)12(16)6-9/h2-6,14H,7-8H2,1H3. The number of rotatable bonds is 2. The van der Waals surface area contributed by atoms with Crippen molar-refractivity contribution in [2.24, 2.45) is 0 Å². The number of ether oxygens (including phenoxy) is 1. The molecule has 19 heavy (non-hydrogen) atoms. The van der Waals surface area contributed by atoms with Gasteiger partial charge >= 0.3 is 0 Å². The van der Waals surface area contributed by atoms with Gasteiger partial charge < -0.3 is 9.15 Å². The van der Waals surface area contributed by atoms with E-state index in [0.29, 0.717) is 5.02 Å². The molecule has 0 N–H and O–H groups in total. The Morgan fingerprint density at radius 1 is 1.42 bits per heavy atom. The second-order valence-electron chi connectivity index (χ2n) is 4.68. The summed E-state index contributed by atoms with van der Waals surface area (Å²) in [6.07, 6.45) is 1.69. The largest absolute Gasteiger partial charge is 0.484 e. The van der Waals surface area contributed by atoms with E-state index in [0.717, 1.165) is 34.6 Å². The third-order valence-corrected chi connectivity index (χ3v) is 4.42. The van der Waals surface area contributed by atoms with Gasteiger partial charge in [0.15, 0.2) is 0 Å². The van der Waals surface area contributed by atoms with E-state index in [-0.39, 0.29) is 6.10 Å². The fraction of sp³-hybridized carbons (Fsp3) is 0.286. The lowest BCUT2D eigenvalue weighted by Gasteiger charge is -2.29. The normalized spacial score (nSPS) is 19.2. The monoisotopic (exact) mass is 341 g/mol. The molecule has 2 aromatic rings. The highest BCUT2D eigenvalue weighted by molar-refractivity contribution is 9.10. The van der Waals surface area contributed by atoms with Crippen molar-refractivity contribution in [3.8, 4) is 5.75 Å². The summed E-state index contributed by atoms with van der Waals surface area (Å²) in [5, 5.41) is 0.647. The maximum atomic E-state index is 6.08. The summed E-state index contributed by atoms with van der Waals surface area (Å²) in [6.45, 7) is 1.66. The molecule has 1 atom stereocenters. The van der Waals surface area contributed by atoms with Crippen LogP contribution in [0.2, 0.25) is 5.02 Å². The summed E-state index contributed by atoms with van der Waals surface area (Å²) in [7, 11) is 2.05. The van der Waals surface area contributed by atoms with Gasteiger partial charge in [-0.1, -0.05) is 11.6 Å². The van der Waals surface area contributed by atoms with E-state index in [4.69, 9.17) is 20.8 Å². The van der Waals surface area contributed by atoms with Crippen LogP contribution in [0.25, 0.3) is 0 Å². The minimum Gasteiger partial charge on any atom is -0.484 e. The molecule has 0 amide bonds.